The first-order chi connectivity index (χ1) is 13.0. The first kappa shape index (κ1) is 17.0. The highest BCUT2D eigenvalue weighted by Gasteiger charge is 2.60. The summed E-state index contributed by atoms with van der Waals surface area (Å²) in [5.41, 5.74) is -0.435. The third kappa shape index (κ3) is 2.43. The van der Waals surface area contributed by atoms with Gasteiger partial charge in [-0.05, 0) is 29.3 Å². The van der Waals surface area contributed by atoms with E-state index in [2.05, 4.69) is 5.32 Å². The highest BCUT2D eigenvalue weighted by atomic mass is 16.5. The number of ether oxygens (including phenoxy) is 1. The lowest BCUT2D eigenvalue weighted by Crippen LogP contribution is -2.57. The number of hydrogen-bond donors (Lipinski definition) is 1. The average Bonchev–Trinajstić information content (AvgIpc) is 2.99. The van der Waals surface area contributed by atoms with Gasteiger partial charge in [-0.25, -0.2) is 0 Å². The van der Waals surface area contributed by atoms with Gasteiger partial charge in [-0.2, -0.15) is 0 Å². The van der Waals surface area contributed by atoms with Gasteiger partial charge in [0.2, 0.25) is 11.8 Å². The number of nitrogens with zero attached hydrogens (tertiary/aromatic N) is 1. The summed E-state index contributed by atoms with van der Waals surface area (Å²) in [6.45, 7) is -0.000778. The second-order valence-electron chi connectivity index (χ2n) is 6.55. The number of nitrogens with one attached hydrogen (secondary N) is 1. The molecular weight excluding hydrogens is 348 g/mol. The lowest BCUT2D eigenvalue weighted by molar-refractivity contribution is -0.142. The van der Waals surface area contributed by atoms with Gasteiger partial charge in [0.15, 0.2) is 5.41 Å². The van der Waals surface area contributed by atoms with Gasteiger partial charge in [0.05, 0.1) is 20.1 Å². The molecule has 1 fully saturated rings. The molecule has 1 unspecified atom stereocenters. The van der Waals surface area contributed by atoms with Crippen LogP contribution in [0, 0.1) is 0 Å². The highest BCUT2D eigenvalue weighted by molar-refractivity contribution is 6.28. The van der Waals surface area contributed by atoms with E-state index >= 15 is 0 Å². The molecule has 2 aliphatic rings. The molecule has 4 amide bonds. The standard InChI is InChI=1S/C20H16N2O5/c1-27-13-8-6-12(7-9-13)11-22-17(24)14-4-2-3-5-15(14)20(19(22)26)10-16(23)21-18(20)25/h2-9H,10-11H2,1H3,(H,21,23,25). The molecule has 1 N–H and O–H groups in total. The number of carbonyl (C=O) groups is 4. The minimum absolute atomic E-state index is 0.000778. The van der Waals surface area contributed by atoms with Crippen molar-refractivity contribution in [2.24, 2.45) is 0 Å². The van der Waals surface area contributed by atoms with Crippen molar-refractivity contribution >= 4 is 23.6 Å². The van der Waals surface area contributed by atoms with Crippen LogP contribution in [0.2, 0.25) is 0 Å². The van der Waals surface area contributed by atoms with E-state index in [1.807, 2.05) is 0 Å². The van der Waals surface area contributed by atoms with Gasteiger partial charge in [-0.15, -0.1) is 0 Å². The normalized spacial score (nSPS) is 21.4. The van der Waals surface area contributed by atoms with Gasteiger partial charge in [0.25, 0.3) is 11.8 Å². The zero-order valence-corrected chi connectivity index (χ0v) is 14.5. The number of fused-ring (bicyclic) bond motifs is 2. The summed E-state index contributed by atoms with van der Waals surface area (Å²) in [4.78, 5) is 51.8. The number of hydrogen-bond acceptors (Lipinski definition) is 5. The molecule has 7 nitrogen and oxygen atoms in total. The second-order valence-corrected chi connectivity index (χ2v) is 6.55. The van der Waals surface area contributed by atoms with Gasteiger partial charge in [0.1, 0.15) is 5.75 Å². The third-order valence-corrected chi connectivity index (χ3v) is 5.04. The van der Waals surface area contributed by atoms with Crippen LogP contribution >= 0.6 is 0 Å². The summed E-state index contributed by atoms with van der Waals surface area (Å²) in [6.07, 6.45) is -0.298. The van der Waals surface area contributed by atoms with Crippen molar-refractivity contribution in [2.45, 2.75) is 18.4 Å². The van der Waals surface area contributed by atoms with Crippen LogP contribution in [0.3, 0.4) is 0 Å². The molecule has 27 heavy (non-hydrogen) atoms. The molecular formula is C20H16N2O5. The molecule has 0 saturated carbocycles. The van der Waals surface area contributed by atoms with Crippen LogP contribution in [0.1, 0.15) is 27.9 Å². The fraction of sp³-hybridized carbons (Fsp3) is 0.200. The number of amides is 4. The van der Waals surface area contributed by atoms with Gasteiger partial charge >= 0.3 is 0 Å². The Hall–Kier alpha value is -3.48. The van der Waals surface area contributed by atoms with Crippen LogP contribution in [-0.4, -0.2) is 35.6 Å². The van der Waals surface area contributed by atoms with E-state index in [1.54, 1.807) is 55.6 Å². The zero-order valence-electron chi connectivity index (χ0n) is 14.5. The number of imide groups is 2. The third-order valence-electron chi connectivity index (χ3n) is 5.04. The van der Waals surface area contributed by atoms with Gasteiger partial charge < -0.3 is 4.74 Å². The summed E-state index contributed by atoms with van der Waals surface area (Å²) < 4.78 is 5.11. The number of methoxy groups -OCH3 is 1. The molecule has 1 atom stereocenters. The van der Waals surface area contributed by atoms with Crippen molar-refractivity contribution in [3.05, 3.63) is 65.2 Å². The first-order valence-corrected chi connectivity index (χ1v) is 8.40. The predicted octanol–water partition coefficient (Wildman–Crippen LogP) is 1.16. The Kier molecular flexibility index (Phi) is 3.80. The van der Waals surface area contributed by atoms with Crippen molar-refractivity contribution in [3.8, 4) is 5.75 Å². The molecule has 4 rings (SSSR count). The molecule has 136 valence electrons. The summed E-state index contributed by atoms with van der Waals surface area (Å²) in [7, 11) is 1.54. The Morgan fingerprint density at radius 1 is 1.04 bits per heavy atom. The average molecular weight is 364 g/mol. The molecule has 1 spiro atoms. The maximum Gasteiger partial charge on any atom is 0.261 e. The van der Waals surface area contributed by atoms with Crippen LogP contribution in [0.25, 0.3) is 0 Å². The van der Waals surface area contributed by atoms with Crippen molar-refractivity contribution in [1.82, 2.24) is 10.2 Å². The summed E-state index contributed by atoms with van der Waals surface area (Å²) in [5, 5.41) is 2.21. The van der Waals surface area contributed by atoms with E-state index in [0.717, 1.165) is 4.90 Å². The van der Waals surface area contributed by atoms with Crippen molar-refractivity contribution in [2.75, 3.05) is 7.11 Å². The van der Waals surface area contributed by atoms with Crippen LogP contribution in [0.5, 0.6) is 5.75 Å². The van der Waals surface area contributed by atoms with Crippen LogP contribution in [-0.2, 0) is 26.3 Å². The Morgan fingerprint density at radius 3 is 2.37 bits per heavy atom. The highest BCUT2D eigenvalue weighted by Crippen LogP contribution is 2.41. The molecule has 0 radical (unpaired) electrons. The predicted molar refractivity (Wildman–Crippen MR) is 93.8 cm³/mol. The number of carbonyl (C=O) groups excluding carboxylic acids is 4. The topological polar surface area (TPSA) is 92.8 Å². The minimum atomic E-state index is -1.69. The Bertz CT molecular complexity index is 982. The minimum Gasteiger partial charge on any atom is -0.497 e. The lowest BCUT2D eigenvalue weighted by Gasteiger charge is -2.37. The zero-order chi connectivity index (χ0) is 19.2. The fourth-order valence-corrected chi connectivity index (χ4v) is 3.67. The molecule has 2 aliphatic heterocycles. The first-order valence-electron chi connectivity index (χ1n) is 8.40. The second kappa shape index (κ2) is 6.05. The smallest absolute Gasteiger partial charge is 0.261 e. The fourth-order valence-electron chi connectivity index (χ4n) is 3.67. The Balaban J connectivity index is 1.80. The molecule has 2 heterocycles. The van der Waals surface area contributed by atoms with Crippen LogP contribution < -0.4 is 10.1 Å². The molecule has 0 aromatic heterocycles. The van der Waals surface area contributed by atoms with Gasteiger partial charge in [-0.1, -0.05) is 30.3 Å². The van der Waals surface area contributed by atoms with E-state index < -0.39 is 29.0 Å². The maximum atomic E-state index is 13.3. The van der Waals surface area contributed by atoms with Gasteiger partial charge in [-0.3, -0.25) is 29.4 Å². The molecule has 1 saturated heterocycles. The lowest BCUT2D eigenvalue weighted by atomic mass is 9.72. The quantitative estimate of drug-likeness (QED) is 0.652. The molecule has 0 aliphatic carbocycles. The summed E-state index contributed by atoms with van der Waals surface area (Å²) in [5.74, 6) is -1.72. The molecule has 7 heteroatoms. The maximum absolute atomic E-state index is 13.3. The van der Waals surface area contributed by atoms with Crippen molar-refractivity contribution < 1.29 is 23.9 Å². The van der Waals surface area contributed by atoms with E-state index in [1.165, 1.54) is 0 Å². The van der Waals surface area contributed by atoms with Crippen molar-refractivity contribution in [3.63, 3.8) is 0 Å². The molecule has 0 bridgehead atoms. The Morgan fingerprint density at radius 2 is 1.74 bits per heavy atom. The monoisotopic (exact) mass is 364 g/mol. The van der Waals surface area contributed by atoms with E-state index in [9.17, 15) is 19.2 Å². The van der Waals surface area contributed by atoms with Crippen LogP contribution in [0.15, 0.2) is 48.5 Å². The molecule has 2 aromatic rings. The number of benzene rings is 2. The Labute approximate surface area is 154 Å². The van der Waals surface area contributed by atoms with E-state index in [0.29, 0.717) is 11.3 Å². The van der Waals surface area contributed by atoms with E-state index in [4.69, 9.17) is 4.74 Å². The largest absolute Gasteiger partial charge is 0.497 e. The SMILES string of the molecule is COc1ccc(CN2C(=O)c3ccccc3C3(CC(=O)NC3=O)C2=O)cc1. The van der Waals surface area contributed by atoms with Crippen molar-refractivity contribution in [1.29, 1.82) is 0 Å². The number of rotatable bonds is 3. The van der Waals surface area contributed by atoms with E-state index in [-0.39, 0.29) is 24.1 Å². The summed E-state index contributed by atoms with van der Waals surface area (Å²) >= 11 is 0. The molecule has 2 aromatic carbocycles. The van der Waals surface area contributed by atoms with Crippen LogP contribution in [0.4, 0.5) is 0 Å². The van der Waals surface area contributed by atoms with Gasteiger partial charge in [0, 0.05) is 5.56 Å². The summed E-state index contributed by atoms with van der Waals surface area (Å²) in [6, 6.07) is 13.4.